The zero-order valence-electron chi connectivity index (χ0n) is 15.9. The minimum atomic E-state index is -0.569. The number of amides is 3. The van der Waals surface area contributed by atoms with Crippen molar-refractivity contribution in [3.63, 3.8) is 0 Å². The second kappa shape index (κ2) is 7.27. The normalized spacial score (nSPS) is 15.1. The summed E-state index contributed by atoms with van der Waals surface area (Å²) in [5, 5.41) is 10.1. The Labute approximate surface area is 167 Å². The highest BCUT2D eigenvalue weighted by Crippen LogP contribution is 2.33. The van der Waals surface area contributed by atoms with E-state index in [2.05, 4.69) is 16.0 Å². The van der Waals surface area contributed by atoms with Crippen LogP contribution in [-0.4, -0.2) is 23.8 Å². The van der Waals surface area contributed by atoms with Gasteiger partial charge in [0.25, 0.3) is 11.8 Å². The van der Waals surface area contributed by atoms with Crippen LogP contribution in [-0.2, 0) is 9.59 Å². The SMILES string of the molecule is CC(=O)Nc1cc2ccccc2cc1C(=O)Nc1ccc2c(c1)NC(=O)[C@H](C)O2. The first-order valence-electron chi connectivity index (χ1n) is 9.14. The lowest BCUT2D eigenvalue weighted by molar-refractivity contribution is -0.122. The van der Waals surface area contributed by atoms with Crippen molar-refractivity contribution in [2.75, 3.05) is 16.0 Å². The van der Waals surface area contributed by atoms with Gasteiger partial charge in [0.15, 0.2) is 6.10 Å². The minimum absolute atomic E-state index is 0.247. The first-order valence-corrected chi connectivity index (χ1v) is 9.14. The molecule has 0 spiro atoms. The van der Waals surface area contributed by atoms with Crippen LogP contribution in [0.1, 0.15) is 24.2 Å². The molecule has 0 aliphatic carbocycles. The van der Waals surface area contributed by atoms with Gasteiger partial charge in [0.05, 0.1) is 16.9 Å². The van der Waals surface area contributed by atoms with E-state index in [0.29, 0.717) is 28.4 Å². The molecule has 1 aliphatic heterocycles. The zero-order chi connectivity index (χ0) is 20.5. The standard InChI is InChI=1S/C22H19N3O4/c1-12-21(27)25-19-11-16(7-8-20(19)29-12)24-22(28)17-9-14-5-3-4-6-15(14)10-18(17)23-13(2)26/h3-12H,1-2H3,(H,23,26)(H,24,28)(H,25,27)/t12-/m0/s1. The molecule has 0 saturated carbocycles. The zero-order valence-corrected chi connectivity index (χ0v) is 15.9. The summed E-state index contributed by atoms with van der Waals surface area (Å²) >= 11 is 0. The van der Waals surface area contributed by atoms with Crippen molar-refractivity contribution in [3.8, 4) is 5.75 Å². The van der Waals surface area contributed by atoms with Gasteiger partial charge in [-0.05, 0) is 48.0 Å². The molecule has 0 aromatic heterocycles. The fraction of sp³-hybridized carbons (Fsp3) is 0.136. The number of rotatable bonds is 3. The maximum absolute atomic E-state index is 13.0. The van der Waals surface area contributed by atoms with Gasteiger partial charge in [-0.3, -0.25) is 14.4 Å². The van der Waals surface area contributed by atoms with Crippen LogP contribution in [0.5, 0.6) is 5.75 Å². The molecule has 3 aromatic carbocycles. The third-order valence-corrected chi connectivity index (χ3v) is 4.61. The van der Waals surface area contributed by atoms with Gasteiger partial charge in [0, 0.05) is 12.6 Å². The van der Waals surface area contributed by atoms with Crippen molar-refractivity contribution >= 4 is 45.6 Å². The van der Waals surface area contributed by atoms with E-state index >= 15 is 0 Å². The van der Waals surface area contributed by atoms with Gasteiger partial charge in [-0.2, -0.15) is 0 Å². The highest BCUT2D eigenvalue weighted by Gasteiger charge is 2.24. The number of anilines is 3. The third kappa shape index (κ3) is 3.75. The fourth-order valence-electron chi connectivity index (χ4n) is 3.21. The first-order chi connectivity index (χ1) is 13.9. The number of ether oxygens (including phenoxy) is 1. The summed E-state index contributed by atoms with van der Waals surface area (Å²) < 4.78 is 5.53. The van der Waals surface area contributed by atoms with Crippen LogP contribution in [0.15, 0.2) is 54.6 Å². The molecular formula is C22H19N3O4. The van der Waals surface area contributed by atoms with Crippen LogP contribution in [0, 0.1) is 0 Å². The van der Waals surface area contributed by atoms with Gasteiger partial charge in [-0.15, -0.1) is 0 Å². The topological polar surface area (TPSA) is 96.5 Å². The molecule has 3 N–H and O–H groups in total. The van der Waals surface area contributed by atoms with E-state index in [1.165, 1.54) is 6.92 Å². The summed E-state index contributed by atoms with van der Waals surface area (Å²) in [6.07, 6.45) is -0.569. The van der Waals surface area contributed by atoms with Crippen LogP contribution < -0.4 is 20.7 Å². The molecule has 7 heteroatoms. The minimum Gasteiger partial charge on any atom is -0.479 e. The average molecular weight is 389 g/mol. The monoisotopic (exact) mass is 389 g/mol. The lowest BCUT2D eigenvalue weighted by atomic mass is 10.0. The Morgan fingerprint density at radius 1 is 1.00 bits per heavy atom. The van der Waals surface area contributed by atoms with Crippen molar-refractivity contribution in [1.82, 2.24) is 0 Å². The fourth-order valence-corrected chi connectivity index (χ4v) is 3.21. The highest BCUT2D eigenvalue weighted by molar-refractivity contribution is 6.13. The molecule has 146 valence electrons. The molecule has 29 heavy (non-hydrogen) atoms. The predicted octanol–water partition coefficient (Wildman–Crippen LogP) is 3.77. The van der Waals surface area contributed by atoms with Crippen LogP contribution in [0.25, 0.3) is 10.8 Å². The summed E-state index contributed by atoms with van der Waals surface area (Å²) in [7, 11) is 0. The first kappa shape index (κ1) is 18.5. The number of hydrogen-bond donors (Lipinski definition) is 3. The largest absolute Gasteiger partial charge is 0.479 e. The van der Waals surface area contributed by atoms with Gasteiger partial charge in [-0.25, -0.2) is 0 Å². The maximum Gasteiger partial charge on any atom is 0.265 e. The quantitative estimate of drug-likeness (QED) is 0.635. The number of carbonyl (C=O) groups excluding carboxylic acids is 3. The number of fused-ring (bicyclic) bond motifs is 2. The van der Waals surface area contributed by atoms with E-state index in [4.69, 9.17) is 4.74 Å². The summed E-state index contributed by atoms with van der Waals surface area (Å²) in [5.74, 6) is -0.351. The lowest BCUT2D eigenvalue weighted by Crippen LogP contribution is -2.34. The van der Waals surface area contributed by atoms with Crippen molar-refractivity contribution in [1.29, 1.82) is 0 Å². The smallest absolute Gasteiger partial charge is 0.265 e. The Hall–Kier alpha value is -3.87. The van der Waals surface area contributed by atoms with Gasteiger partial charge in [-0.1, -0.05) is 24.3 Å². The van der Waals surface area contributed by atoms with Gasteiger partial charge in [0.1, 0.15) is 5.75 Å². The van der Waals surface area contributed by atoms with Crippen molar-refractivity contribution in [3.05, 3.63) is 60.2 Å². The number of carbonyl (C=O) groups is 3. The van der Waals surface area contributed by atoms with Crippen molar-refractivity contribution in [2.45, 2.75) is 20.0 Å². The molecule has 3 aromatic rings. The van der Waals surface area contributed by atoms with Gasteiger partial charge >= 0.3 is 0 Å². The molecular weight excluding hydrogens is 370 g/mol. The van der Waals surface area contributed by atoms with E-state index in [1.54, 1.807) is 37.3 Å². The molecule has 7 nitrogen and oxygen atoms in total. The molecule has 3 amide bonds. The van der Waals surface area contributed by atoms with Gasteiger partial charge in [0.2, 0.25) is 5.91 Å². The summed E-state index contributed by atoms with van der Waals surface area (Å²) in [5.41, 5.74) is 1.75. The molecule has 4 rings (SSSR count). The maximum atomic E-state index is 13.0. The number of nitrogens with one attached hydrogen (secondary N) is 3. The molecule has 0 radical (unpaired) electrons. The van der Waals surface area contributed by atoms with Crippen molar-refractivity contribution in [2.24, 2.45) is 0 Å². The summed E-state index contributed by atoms with van der Waals surface area (Å²) in [4.78, 5) is 36.4. The molecule has 0 saturated heterocycles. The van der Waals surface area contributed by atoms with Crippen LogP contribution >= 0.6 is 0 Å². The van der Waals surface area contributed by atoms with Crippen LogP contribution in [0.4, 0.5) is 17.1 Å². The predicted molar refractivity (Wildman–Crippen MR) is 111 cm³/mol. The van der Waals surface area contributed by atoms with E-state index < -0.39 is 6.10 Å². The lowest BCUT2D eigenvalue weighted by Gasteiger charge is -2.23. The van der Waals surface area contributed by atoms with E-state index in [-0.39, 0.29) is 17.7 Å². The Bertz CT molecular complexity index is 1160. The number of benzene rings is 3. The molecule has 1 aliphatic rings. The number of hydrogen-bond acceptors (Lipinski definition) is 4. The Kier molecular flexibility index (Phi) is 4.64. The molecule has 0 fully saturated rings. The van der Waals surface area contributed by atoms with E-state index in [9.17, 15) is 14.4 Å². The average Bonchev–Trinajstić information content (AvgIpc) is 2.68. The second-order valence-electron chi connectivity index (χ2n) is 6.84. The molecule has 0 bridgehead atoms. The van der Waals surface area contributed by atoms with Crippen LogP contribution in [0.2, 0.25) is 0 Å². The molecule has 0 unspecified atom stereocenters. The summed E-state index contributed by atoms with van der Waals surface area (Å²) in [6.45, 7) is 3.06. The highest BCUT2D eigenvalue weighted by atomic mass is 16.5. The summed E-state index contributed by atoms with van der Waals surface area (Å²) in [6, 6.07) is 16.1. The van der Waals surface area contributed by atoms with Crippen LogP contribution in [0.3, 0.4) is 0 Å². The molecule has 1 atom stereocenters. The Balaban J connectivity index is 1.66. The molecule has 1 heterocycles. The van der Waals surface area contributed by atoms with Gasteiger partial charge < -0.3 is 20.7 Å². The second-order valence-corrected chi connectivity index (χ2v) is 6.84. The van der Waals surface area contributed by atoms with E-state index in [1.807, 2.05) is 24.3 Å². The van der Waals surface area contributed by atoms with E-state index in [0.717, 1.165) is 10.8 Å². The van der Waals surface area contributed by atoms with Crippen molar-refractivity contribution < 1.29 is 19.1 Å². The Morgan fingerprint density at radius 2 is 1.72 bits per heavy atom. The third-order valence-electron chi connectivity index (χ3n) is 4.61. The Morgan fingerprint density at radius 3 is 2.45 bits per heavy atom.